The normalized spacial score (nSPS) is 23.2. The van der Waals surface area contributed by atoms with Crippen LogP contribution in [0, 0.1) is 5.92 Å². The average molecular weight is 245 g/mol. The molecule has 1 saturated heterocycles. The number of halogens is 1. The van der Waals surface area contributed by atoms with Gasteiger partial charge in [0.15, 0.2) is 0 Å². The molecule has 2 heterocycles. The Labute approximate surface area is 100 Å². The molecule has 2 N–H and O–H groups in total. The van der Waals surface area contributed by atoms with Crippen LogP contribution in [0.2, 0.25) is 5.02 Å². The van der Waals surface area contributed by atoms with Crippen molar-refractivity contribution in [3.63, 3.8) is 0 Å². The Balaban J connectivity index is 1.92. The predicted molar refractivity (Wildman–Crippen MR) is 66.4 cm³/mol. The van der Waals surface area contributed by atoms with Gasteiger partial charge in [-0.15, -0.1) is 11.3 Å². The van der Waals surface area contributed by atoms with E-state index in [4.69, 9.17) is 17.3 Å². The molecule has 0 radical (unpaired) electrons. The van der Waals surface area contributed by atoms with E-state index in [0.29, 0.717) is 5.92 Å². The molecule has 4 heteroatoms. The quantitative estimate of drug-likeness (QED) is 0.886. The van der Waals surface area contributed by atoms with Crippen molar-refractivity contribution < 1.29 is 0 Å². The summed E-state index contributed by atoms with van der Waals surface area (Å²) in [6.07, 6.45) is 2.55. The minimum atomic E-state index is 0.678. The fourth-order valence-corrected chi connectivity index (χ4v) is 3.27. The third kappa shape index (κ3) is 2.94. The Morgan fingerprint density at radius 1 is 1.60 bits per heavy atom. The Bertz CT molecular complexity index is 313. The van der Waals surface area contributed by atoms with Gasteiger partial charge in [0.1, 0.15) is 0 Å². The van der Waals surface area contributed by atoms with Crippen LogP contribution in [-0.4, -0.2) is 24.5 Å². The topological polar surface area (TPSA) is 29.3 Å². The first-order chi connectivity index (χ1) is 7.29. The highest BCUT2D eigenvalue weighted by Gasteiger charge is 2.19. The van der Waals surface area contributed by atoms with Gasteiger partial charge < -0.3 is 5.73 Å². The van der Waals surface area contributed by atoms with Crippen LogP contribution in [-0.2, 0) is 6.54 Å². The molecular formula is C11H17ClN2S. The number of rotatable bonds is 3. The Morgan fingerprint density at radius 2 is 2.47 bits per heavy atom. The van der Waals surface area contributed by atoms with Gasteiger partial charge in [-0.1, -0.05) is 11.6 Å². The summed E-state index contributed by atoms with van der Waals surface area (Å²) in [5.41, 5.74) is 5.72. The van der Waals surface area contributed by atoms with Crippen LogP contribution in [0.25, 0.3) is 0 Å². The molecule has 0 aromatic carbocycles. The maximum absolute atomic E-state index is 6.09. The molecule has 1 fully saturated rings. The maximum atomic E-state index is 6.09. The summed E-state index contributed by atoms with van der Waals surface area (Å²) in [5.74, 6) is 0.678. The van der Waals surface area contributed by atoms with E-state index in [1.165, 1.54) is 24.3 Å². The second-order valence-electron chi connectivity index (χ2n) is 4.17. The third-order valence-corrected chi connectivity index (χ3v) is 4.37. The lowest BCUT2D eigenvalue weighted by Crippen LogP contribution is -2.37. The van der Waals surface area contributed by atoms with Crippen LogP contribution < -0.4 is 5.73 Å². The molecule has 84 valence electrons. The molecule has 1 atom stereocenters. The van der Waals surface area contributed by atoms with E-state index < -0.39 is 0 Å². The summed E-state index contributed by atoms with van der Waals surface area (Å²) in [6, 6.07) is 1.98. The van der Waals surface area contributed by atoms with Crippen molar-refractivity contribution >= 4 is 22.9 Å². The van der Waals surface area contributed by atoms with Crippen molar-refractivity contribution in [2.45, 2.75) is 19.4 Å². The lowest BCUT2D eigenvalue weighted by molar-refractivity contribution is 0.172. The maximum Gasteiger partial charge on any atom is 0.0558 e. The molecule has 1 unspecified atom stereocenters. The standard InChI is InChI=1S/C11H17ClN2S/c12-10-3-5-15-11(10)8-14-4-1-2-9(6-13)7-14/h3,5,9H,1-2,4,6-8,13H2. The summed E-state index contributed by atoms with van der Waals surface area (Å²) in [4.78, 5) is 3.76. The summed E-state index contributed by atoms with van der Waals surface area (Å²) in [6.45, 7) is 4.12. The van der Waals surface area contributed by atoms with Crippen molar-refractivity contribution in [2.24, 2.45) is 11.7 Å². The van der Waals surface area contributed by atoms with Gasteiger partial charge in [0.25, 0.3) is 0 Å². The zero-order valence-electron chi connectivity index (χ0n) is 8.79. The fraction of sp³-hybridized carbons (Fsp3) is 0.636. The second-order valence-corrected chi connectivity index (χ2v) is 5.58. The van der Waals surface area contributed by atoms with Gasteiger partial charge >= 0.3 is 0 Å². The SMILES string of the molecule is NCC1CCCN(Cc2sccc2Cl)C1. The van der Waals surface area contributed by atoms with E-state index in [0.717, 1.165) is 24.7 Å². The van der Waals surface area contributed by atoms with E-state index in [1.807, 2.05) is 6.07 Å². The van der Waals surface area contributed by atoms with Gasteiger partial charge in [0.2, 0.25) is 0 Å². The van der Waals surface area contributed by atoms with Crippen molar-refractivity contribution in [1.29, 1.82) is 0 Å². The first kappa shape index (κ1) is 11.4. The molecule has 0 aliphatic carbocycles. The first-order valence-electron chi connectivity index (χ1n) is 5.44. The van der Waals surface area contributed by atoms with E-state index >= 15 is 0 Å². The highest BCUT2D eigenvalue weighted by molar-refractivity contribution is 7.10. The second kappa shape index (κ2) is 5.30. The highest BCUT2D eigenvalue weighted by Crippen LogP contribution is 2.25. The number of hydrogen-bond acceptors (Lipinski definition) is 3. The van der Waals surface area contributed by atoms with Crippen LogP contribution in [0.4, 0.5) is 0 Å². The zero-order valence-corrected chi connectivity index (χ0v) is 10.4. The molecule has 0 spiro atoms. The van der Waals surface area contributed by atoms with Gasteiger partial charge in [-0.25, -0.2) is 0 Å². The third-order valence-electron chi connectivity index (χ3n) is 2.99. The van der Waals surface area contributed by atoms with Gasteiger partial charge in [0.05, 0.1) is 5.02 Å². The first-order valence-corrected chi connectivity index (χ1v) is 6.69. The molecule has 0 bridgehead atoms. The van der Waals surface area contributed by atoms with Gasteiger partial charge in [-0.05, 0) is 43.3 Å². The number of piperidine rings is 1. The number of likely N-dealkylation sites (tertiary alicyclic amines) is 1. The Hall–Kier alpha value is -0.0900. The minimum Gasteiger partial charge on any atom is -0.330 e. The summed E-state index contributed by atoms with van der Waals surface area (Å²) >= 11 is 7.84. The number of nitrogens with two attached hydrogens (primary N) is 1. The number of thiophene rings is 1. The summed E-state index contributed by atoms with van der Waals surface area (Å²) < 4.78 is 0. The lowest BCUT2D eigenvalue weighted by Gasteiger charge is -2.31. The molecule has 0 amide bonds. The monoisotopic (exact) mass is 244 g/mol. The van der Waals surface area contributed by atoms with E-state index in [-0.39, 0.29) is 0 Å². The molecule has 2 rings (SSSR count). The van der Waals surface area contributed by atoms with Crippen molar-refractivity contribution in [3.05, 3.63) is 21.3 Å². The largest absolute Gasteiger partial charge is 0.330 e. The highest BCUT2D eigenvalue weighted by atomic mass is 35.5. The summed E-state index contributed by atoms with van der Waals surface area (Å²) in [5, 5.41) is 2.97. The number of hydrogen-bond donors (Lipinski definition) is 1. The van der Waals surface area contributed by atoms with Crippen molar-refractivity contribution in [2.75, 3.05) is 19.6 Å². The molecule has 15 heavy (non-hydrogen) atoms. The van der Waals surface area contributed by atoms with Gasteiger partial charge in [-0.2, -0.15) is 0 Å². The van der Waals surface area contributed by atoms with Crippen LogP contribution >= 0.6 is 22.9 Å². The molecule has 1 aliphatic heterocycles. The van der Waals surface area contributed by atoms with Crippen LogP contribution in [0.15, 0.2) is 11.4 Å². The summed E-state index contributed by atoms with van der Waals surface area (Å²) in [7, 11) is 0. The van der Waals surface area contributed by atoms with Crippen LogP contribution in [0.1, 0.15) is 17.7 Å². The van der Waals surface area contributed by atoms with Gasteiger partial charge in [0, 0.05) is 18.0 Å². The lowest BCUT2D eigenvalue weighted by atomic mass is 9.98. The van der Waals surface area contributed by atoms with E-state index in [2.05, 4.69) is 10.3 Å². The Morgan fingerprint density at radius 3 is 3.13 bits per heavy atom. The Kier molecular flexibility index (Phi) is 4.03. The molecule has 1 aromatic heterocycles. The number of nitrogens with zero attached hydrogens (tertiary/aromatic N) is 1. The van der Waals surface area contributed by atoms with Gasteiger partial charge in [-0.3, -0.25) is 4.90 Å². The zero-order chi connectivity index (χ0) is 10.7. The van der Waals surface area contributed by atoms with Crippen molar-refractivity contribution in [3.8, 4) is 0 Å². The molecule has 2 nitrogen and oxygen atoms in total. The predicted octanol–water partition coefficient (Wildman–Crippen LogP) is 2.57. The van der Waals surface area contributed by atoms with Crippen LogP contribution in [0.3, 0.4) is 0 Å². The fourth-order valence-electron chi connectivity index (χ4n) is 2.13. The molecular weight excluding hydrogens is 228 g/mol. The van der Waals surface area contributed by atoms with Crippen molar-refractivity contribution in [1.82, 2.24) is 4.90 Å². The van der Waals surface area contributed by atoms with E-state index in [9.17, 15) is 0 Å². The van der Waals surface area contributed by atoms with E-state index in [1.54, 1.807) is 11.3 Å². The smallest absolute Gasteiger partial charge is 0.0558 e. The van der Waals surface area contributed by atoms with Crippen LogP contribution in [0.5, 0.6) is 0 Å². The molecule has 1 aromatic rings. The molecule has 0 saturated carbocycles. The molecule has 1 aliphatic rings. The average Bonchev–Trinajstić information content (AvgIpc) is 2.65. The minimum absolute atomic E-state index is 0.678.